The molecule has 0 unspecified atom stereocenters. The molecule has 1 aromatic rings. The third-order valence-electron chi connectivity index (χ3n) is 4.13. The van der Waals surface area contributed by atoms with Crippen molar-refractivity contribution in [3.05, 3.63) is 30.3 Å². The Morgan fingerprint density at radius 3 is 1.87 bits per heavy atom. The lowest BCUT2D eigenvalue weighted by atomic mass is 9.89. The van der Waals surface area contributed by atoms with Crippen LogP contribution in [-0.2, 0) is 18.9 Å². The van der Waals surface area contributed by atoms with Gasteiger partial charge in [-0.2, -0.15) is 0 Å². The summed E-state index contributed by atoms with van der Waals surface area (Å²) < 4.78 is 22.1. The van der Waals surface area contributed by atoms with Gasteiger partial charge in [0.05, 0.1) is 6.10 Å². The van der Waals surface area contributed by atoms with Crippen LogP contribution in [0.15, 0.2) is 35.2 Å². The molecule has 4 atom stereocenters. The van der Waals surface area contributed by atoms with Crippen LogP contribution in [0, 0.1) is 11.8 Å². The van der Waals surface area contributed by atoms with E-state index in [1.165, 1.54) is 4.90 Å². The van der Waals surface area contributed by atoms with Gasteiger partial charge < -0.3 is 18.9 Å². The summed E-state index contributed by atoms with van der Waals surface area (Å²) in [6.45, 7) is 4.33. The minimum atomic E-state index is -0.401. The molecule has 4 nitrogen and oxygen atoms in total. The zero-order valence-electron chi connectivity index (χ0n) is 15.0. The lowest BCUT2D eigenvalue weighted by Gasteiger charge is -2.35. The Balaban J connectivity index is 2.68. The third-order valence-corrected chi connectivity index (χ3v) is 5.43. The lowest BCUT2D eigenvalue weighted by molar-refractivity contribution is -0.200. The van der Waals surface area contributed by atoms with Gasteiger partial charge in [-0.1, -0.05) is 32.0 Å². The zero-order valence-corrected chi connectivity index (χ0v) is 15.8. The highest BCUT2D eigenvalue weighted by Crippen LogP contribution is 2.29. The molecule has 0 aliphatic heterocycles. The van der Waals surface area contributed by atoms with Crippen molar-refractivity contribution in [2.75, 3.05) is 34.2 Å². The SMILES string of the molecule is COC(OC)[C@@H](OC)[C@@H](C)[C@@H](OC)[C@@H](C)CSc1ccccc1. The molecule has 0 radical (unpaired) electrons. The van der Waals surface area contributed by atoms with Crippen molar-refractivity contribution in [3.63, 3.8) is 0 Å². The van der Waals surface area contributed by atoms with E-state index in [0.29, 0.717) is 5.92 Å². The van der Waals surface area contributed by atoms with E-state index in [9.17, 15) is 0 Å². The van der Waals surface area contributed by atoms with E-state index >= 15 is 0 Å². The van der Waals surface area contributed by atoms with Crippen molar-refractivity contribution < 1.29 is 18.9 Å². The summed E-state index contributed by atoms with van der Waals surface area (Å²) in [5.41, 5.74) is 0. The molecule has 0 aliphatic rings. The first-order valence-corrected chi connectivity index (χ1v) is 8.86. The van der Waals surface area contributed by atoms with Gasteiger partial charge >= 0.3 is 0 Å². The van der Waals surface area contributed by atoms with Crippen LogP contribution in [0.1, 0.15) is 13.8 Å². The fourth-order valence-corrected chi connectivity index (χ4v) is 3.92. The van der Waals surface area contributed by atoms with Gasteiger partial charge in [0.15, 0.2) is 6.29 Å². The Kier molecular flexibility index (Phi) is 9.83. The van der Waals surface area contributed by atoms with Crippen molar-refractivity contribution in [2.45, 2.75) is 37.2 Å². The smallest absolute Gasteiger partial charge is 0.183 e. The molecule has 0 aliphatic carbocycles. The molecule has 132 valence electrons. The summed E-state index contributed by atoms with van der Waals surface area (Å²) in [7, 11) is 6.70. The average molecular weight is 343 g/mol. The Bertz CT molecular complexity index is 411. The average Bonchev–Trinajstić information content (AvgIpc) is 2.59. The van der Waals surface area contributed by atoms with E-state index < -0.39 is 6.29 Å². The van der Waals surface area contributed by atoms with Gasteiger partial charge in [0.2, 0.25) is 0 Å². The van der Waals surface area contributed by atoms with Gasteiger partial charge in [0.1, 0.15) is 6.10 Å². The van der Waals surface area contributed by atoms with Crippen LogP contribution in [0.25, 0.3) is 0 Å². The van der Waals surface area contributed by atoms with Gasteiger partial charge in [0.25, 0.3) is 0 Å². The number of hydrogen-bond acceptors (Lipinski definition) is 5. The Morgan fingerprint density at radius 1 is 0.826 bits per heavy atom. The number of ether oxygens (including phenoxy) is 4. The molecule has 5 heteroatoms. The molecule has 0 N–H and O–H groups in total. The normalized spacial score (nSPS) is 17.0. The molecule has 0 heterocycles. The van der Waals surface area contributed by atoms with E-state index in [2.05, 4.69) is 38.1 Å². The molecule has 0 amide bonds. The predicted octanol–water partition coefficient (Wildman–Crippen LogP) is 3.70. The largest absolute Gasteiger partial charge is 0.381 e. The Hall–Kier alpha value is -0.590. The maximum atomic E-state index is 5.78. The standard InChI is InChI=1S/C18H30O4S/c1-13(12-23-15-10-8-7-9-11-15)16(19-3)14(2)17(20-4)18(21-5)22-6/h7-11,13-14,16-18H,12H2,1-6H3/t13-,14-,16-,17-/m0/s1. The first-order valence-electron chi connectivity index (χ1n) is 7.88. The van der Waals surface area contributed by atoms with Crippen LogP contribution in [-0.4, -0.2) is 52.7 Å². The van der Waals surface area contributed by atoms with Gasteiger partial charge in [-0.15, -0.1) is 11.8 Å². The molecular formula is C18H30O4S. The lowest BCUT2D eigenvalue weighted by Crippen LogP contribution is -2.44. The van der Waals surface area contributed by atoms with Crippen molar-refractivity contribution in [1.29, 1.82) is 0 Å². The Morgan fingerprint density at radius 2 is 1.39 bits per heavy atom. The van der Waals surface area contributed by atoms with E-state index in [-0.39, 0.29) is 18.1 Å². The number of benzene rings is 1. The zero-order chi connectivity index (χ0) is 17.2. The summed E-state index contributed by atoms with van der Waals surface area (Å²) in [4.78, 5) is 1.27. The van der Waals surface area contributed by atoms with Crippen LogP contribution in [0.4, 0.5) is 0 Å². The molecule has 1 rings (SSSR count). The van der Waals surface area contributed by atoms with E-state index in [1.54, 1.807) is 28.4 Å². The highest BCUT2D eigenvalue weighted by molar-refractivity contribution is 7.99. The molecule has 0 bridgehead atoms. The molecule has 0 aromatic heterocycles. The van der Waals surface area contributed by atoms with Crippen molar-refractivity contribution >= 4 is 11.8 Å². The first kappa shape index (κ1) is 20.5. The summed E-state index contributed by atoms with van der Waals surface area (Å²) in [5, 5.41) is 0. The second-order valence-corrected chi connectivity index (χ2v) is 6.79. The van der Waals surface area contributed by atoms with Gasteiger partial charge in [-0.05, 0) is 18.1 Å². The van der Waals surface area contributed by atoms with Crippen LogP contribution < -0.4 is 0 Å². The fraction of sp³-hybridized carbons (Fsp3) is 0.667. The van der Waals surface area contributed by atoms with Crippen molar-refractivity contribution in [2.24, 2.45) is 11.8 Å². The maximum Gasteiger partial charge on any atom is 0.183 e. The van der Waals surface area contributed by atoms with Crippen LogP contribution in [0.5, 0.6) is 0 Å². The Labute approximate surface area is 144 Å². The maximum absolute atomic E-state index is 5.78. The van der Waals surface area contributed by atoms with Crippen molar-refractivity contribution in [3.8, 4) is 0 Å². The number of rotatable bonds is 11. The van der Waals surface area contributed by atoms with Gasteiger partial charge in [0, 0.05) is 45.0 Å². The van der Waals surface area contributed by atoms with Gasteiger partial charge in [-0.3, -0.25) is 0 Å². The second-order valence-electron chi connectivity index (χ2n) is 5.70. The number of hydrogen-bond donors (Lipinski definition) is 0. The summed E-state index contributed by atoms with van der Waals surface area (Å²) in [6.07, 6.45) is -0.523. The molecule has 1 aromatic carbocycles. The first-order chi connectivity index (χ1) is 11.1. The number of methoxy groups -OCH3 is 4. The molecular weight excluding hydrogens is 312 g/mol. The highest BCUT2D eigenvalue weighted by Gasteiger charge is 2.35. The summed E-state index contributed by atoms with van der Waals surface area (Å²) in [6, 6.07) is 10.4. The molecule has 0 saturated carbocycles. The summed E-state index contributed by atoms with van der Waals surface area (Å²) >= 11 is 1.85. The topological polar surface area (TPSA) is 36.9 Å². The predicted molar refractivity (Wildman–Crippen MR) is 94.9 cm³/mol. The van der Waals surface area contributed by atoms with E-state index in [0.717, 1.165) is 5.75 Å². The van der Waals surface area contributed by atoms with Crippen LogP contribution >= 0.6 is 11.8 Å². The van der Waals surface area contributed by atoms with E-state index in [4.69, 9.17) is 18.9 Å². The van der Waals surface area contributed by atoms with Crippen LogP contribution in [0.3, 0.4) is 0 Å². The summed E-state index contributed by atoms with van der Waals surface area (Å²) in [5.74, 6) is 1.49. The molecule has 0 spiro atoms. The molecule has 23 heavy (non-hydrogen) atoms. The van der Waals surface area contributed by atoms with E-state index in [1.807, 2.05) is 17.8 Å². The quantitative estimate of drug-likeness (QED) is 0.453. The monoisotopic (exact) mass is 342 g/mol. The van der Waals surface area contributed by atoms with Gasteiger partial charge in [-0.25, -0.2) is 0 Å². The third kappa shape index (κ3) is 6.08. The highest BCUT2D eigenvalue weighted by atomic mass is 32.2. The van der Waals surface area contributed by atoms with Crippen LogP contribution in [0.2, 0.25) is 0 Å². The minimum absolute atomic E-state index is 0.0592. The van der Waals surface area contributed by atoms with Crippen molar-refractivity contribution in [1.82, 2.24) is 0 Å². The minimum Gasteiger partial charge on any atom is -0.381 e. The molecule has 0 saturated heterocycles. The molecule has 0 fully saturated rings. The second kappa shape index (κ2) is 11.0. The number of thioether (sulfide) groups is 1. The fourth-order valence-electron chi connectivity index (χ4n) is 2.93.